The van der Waals surface area contributed by atoms with Crippen molar-refractivity contribution in [3.8, 4) is 22.8 Å². The molecule has 0 amide bonds. The van der Waals surface area contributed by atoms with E-state index in [1.807, 2.05) is 30.3 Å². The average Bonchev–Trinajstić information content (AvgIpc) is 3.59. The van der Waals surface area contributed by atoms with E-state index in [9.17, 15) is 4.39 Å². The molecule has 2 aromatic carbocycles. The van der Waals surface area contributed by atoms with E-state index < -0.39 is 0 Å². The van der Waals surface area contributed by atoms with Crippen LogP contribution in [0.5, 0.6) is 0 Å². The zero-order valence-electron chi connectivity index (χ0n) is 19.6. The first-order chi connectivity index (χ1) is 17.6. The highest BCUT2D eigenvalue weighted by atomic mass is 19.1. The van der Waals surface area contributed by atoms with Gasteiger partial charge in [-0.2, -0.15) is 4.52 Å². The number of halogens is 1. The van der Waals surface area contributed by atoms with Crippen LogP contribution in [-0.4, -0.2) is 38.7 Å². The van der Waals surface area contributed by atoms with Crippen LogP contribution in [0.3, 0.4) is 0 Å². The zero-order chi connectivity index (χ0) is 24.5. The molecular formula is C27H26FN7O. The van der Waals surface area contributed by atoms with Crippen molar-refractivity contribution in [2.75, 3.05) is 23.7 Å². The predicted octanol–water partition coefficient (Wildman–Crippen LogP) is 4.53. The van der Waals surface area contributed by atoms with Gasteiger partial charge in [0.2, 0.25) is 11.8 Å². The van der Waals surface area contributed by atoms with Gasteiger partial charge in [0, 0.05) is 48.6 Å². The molecule has 3 aromatic heterocycles. The summed E-state index contributed by atoms with van der Waals surface area (Å²) >= 11 is 0. The fourth-order valence-corrected chi connectivity index (χ4v) is 4.67. The van der Waals surface area contributed by atoms with Crippen LogP contribution >= 0.6 is 0 Å². The van der Waals surface area contributed by atoms with Gasteiger partial charge in [-0.1, -0.05) is 30.3 Å². The number of anilines is 2. The van der Waals surface area contributed by atoms with Crippen LogP contribution in [0, 0.1) is 5.82 Å². The van der Waals surface area contributed by atoms with Gasteiger partial charge in [-0.05, 0) is 43.2 Å². The van der Waals surface area contributed by atoms with Crippen molar-refractivity contribution in [1.82, 2.24) is 24.9 Å². The van der Waals surface area contributed by atoms with E-state index in [4.69, 9.17) is 10.2 Å². The highest BCUT2D eigenvalue weighted by molar-refractivity contribution is 5.70. The first-order valence-electron chi connectivity index (χ1n) is 12.0. The van der Waals surface area contributed by atoms with Crippen molar-refractivity contribution in [3.05, 3.63) is 84.4 Å². The maximum absolute atomic E-state index is 13.9. The van der Waals surface area contributed by atoms with Gasteiger partial charge >= 0.3 is 0 Å². The van der Waals surface area contributed by atoms with Crippen molar-refractivity contribution in [3.63, 3.8) is 0 Å². The molecule has 1 aliphatic heterocycles. The molecule has 1 aliphatic rings. The van der Waals surface area contributed by atoms with Crippen LogP contribution in [0.25, 0.3) is 28.5 Å². The molecule has 36 heavy (non-hydrogen) atoms. The van der Waals surface area contributed by atoms with Gasteiger partial charge in [0.1, 0.15) is 5.82 Å². The Hall–Kier alpha value is -4.24. The standard InChI is InChI=1S/C27H26FN7O/c28-22-8-2-1-5-19(22)17-30-20-10-12-34(13-11-20)21-7-3-6-18(15-21)23-16-25-32-26(24-9-4-14-36-24)33-35(25)27(29)31-23/h1-9,14-16,20,30H,10-13,17H2,(H2,29,31). The van der Waals surface area contributed by atoms with E-state index in [1.54, 1.807) is 24.5 Å². The molecule has 8 nitrogen and oxygen atoms in total. The largest absolute Gasteiger partial charge is 0.461 e. The normalized spacial score (nSPS) is 14.5. The molecule has 0 saturated carbocycles. The van der Waals surface area contributed by atoms with Gasteiger partial charge in [0.25, 0.3) is 0 Å². The molecule has 1 saturated heterocycles. The number of hydrogen-bond acceptors (Lipinski definition) is 7. The van der Waals surface area contributed by atoms with Gasteiger partial charge in [0.15, 0.2) is 11.4 Å². The summed E-state index contributed by atoms with van der Waals surface area (Å²) in [6.07, 6.45) is 3.57. The van der Waals surface area contributed by atoms with Gasteiger partial charge in [-0.25, -0.2) is 14.4 Å². The SMILES string of the molecule is Nc1nc(-c2cccc(N3CCC(NCc4ccccc4F)CC3)c2)cc2nc(-c3ccco3)nn12. The summed E-state index contributed by atoms with van der Waals surface area (Å²) in [5.74, 6) is 1.15. The predicted molar refractivity (Wildman–Crippen MR) is 137 cm³/mol. The first kappa shape index (κ1) is 22.2. The lowest BCUT2D eigenvalue weighted by atomic mass is 10.0. The van der Waals surface area contributed by atoms with E-state index >= 15 is 0 Å². The number of fused-ring (bicyclic) bond motifs is 1. The second kappa shape index (κ2) is 9.43. The second-order valence-electron chi connectivity index (χ2n) is 8.97. The second-order valence-corrected chi connectivity index (χ2v) is 8.97. The molecule has 182 valence electrons. The number of nitrogens with one attached hydrogen (secondary N) is 1. The minimum atomic E-state index is -0.157. The zero-order valence-corrected chi connectivity index (χ0v) is 19.6. The van der Waals surface area contributed by atoms with Gasteiger partial charge < -0.3 is 20.4 Å². The third-order valence-corrected chi connectivity index (χ3v) is 6.63. The Bertz CT molecular complexity index is 1490. The monoisotopic (exact) mass is 483 g/mol. The van der Waals surface area contributed by atoms with Crippen LogP contribution in [0.4, 0.5) is 16.0 Å². The highest BCUT2D eigenvalue weighted by Gasteiger charge is 2.20. The minimum Gasteiger partial charge on any atom is -0.461 e. The average molecular weight is 484 g/mol. The molecule has 3 N–H and O–H groups in total. The van der Waals surface area contributed by atoms with E-state index in [1.165, 1.54) is 10.6 Å². The third-order valence-electron chi connectivity index (χ3n) is 6.63. The summed E-state index contributed by atoms with van der Waals surface area (Å²) in [4.78, 5) is 11.5. The van der Waals surface area contributed by atoms with Crippen LogP contribution in [0.1, 0.15) is 18.4 Å². The molecule has 0 bridgehead atoms. The summed E-state index contributed by atoms with van der Waals surface area (Å²) in [7, 11) is 0. The molecule has 4 heterocycles. The molecule has 0 spiro atoms. The van der Waals surface area contributed by atoms with Gasteiger partial charge in [-0.15, -0.1) is 5.10 Å². The van der Waals surface area contributed by atoms with Gasteiger partial charge in [0.05, 0.1) is 12.0 Å². The summed E-state index contributed by atoms with van der Waals surface area (Å²) in [6.45, 7) is 2.39. The number of benzene rings is 2. The quantitative estimate of drug-likeness (QED) is 0.366. The fourth-order valence-electron chi connectivity index (χ4n) is 4.67. The Balaban J connectivity index is 1.16. The van der Waals surface area contributed by atoms with Crippen molar-refractivity contribution < 1.29 is 8.81 Å². The van der Waals surface area contributed by atoms with Crippen molar-refractivity contribution in [2.24, 2.45) is 0 Å². The number of nitrogen functional groups attached to an aromatic ring is 1. The lowest BCUT2D eigenvalue weighted by Gasteiger charge is -2.34. The minimum absolute atomic E-state index is 0.157. The number of hydrogen-bond donors (Lipinski definition) is 2. The highest BCUT2D eigenvalue weighted by Crippen LogP contribution is 2.28. The molecule has 5 aromatic rings. The number of piperidine rings is 1. The summed E-state index contributed by atoms with van der Waals surface area (Å²) in [5.41, 5.74) is 10.4. The molecule has 0 radical (unpaired) electrons. The maximum Gasteiger partial charge on any atom is 0.223 e. The molecule has 9 heteroatoms. The summed E-state index contributed by atoms with van der Waals surface area (Å²) < 4.78 is 20.8. The van der Waals surface area contributed by atoms with E-state index in [2.05, 4.69) is 37.4 Å². The molecule has 0 atom stereocenters. The van der Waals surface area contributed by atoms with Crippen LogP contribution in [0.15, 0.2) is 77.4 Å². The van der Waals surface area contributed by atoms with E-state index in [-0.39, 0.29) is 11.8 Å². The number of furan rings is 1. The summed E-state index contributed by atoms with van der Waals surface area (Å²) in [6, 6.07) is 21.1. The van der Waals surface area contributed by atoms with Gasteiger partial charge in [-0.3, -0.25) is 0 Å². The lowest BCUT2D eigenvalue weighted by Crippen LogP contribution is -2.42. The molecular weight excluding hydrogens is 457 g/mol. The van der Waals surface area contributed by atoms with E-state index in [0.717, 1.165) is 42.9 Å². The Morgan fingerprint density at radius 1 is 1.00 bits per heavy atom. The number of nitrogens with zero attached hydrogens (tertiary/aromatic N) is 5. The van der Waals surface area contributed by atoms with Crippen molar-refractivity contribution in [1.29, 1.82) is 0 Å². The Morgan fingerprint density at radius 3 is 2.67 bits per heavy atom. The topological polar surface area (TPSA) is 97.5 Å². The lowest BCUT2D eigenvalue weighted by molar-refractivity contribution is 0.410. The summed E-state index contributed by atoms with van der Waals surface area (Å²) in [5, 5.41) is 7.93. The van der Waals surface area contributed by atoms with Crippen LogP contribution in [-0.2, 0) is 6.54 Å². The molecule has 0 aliphatic carbocycles. The molecule has 1 fully saturated rings. The van der Waals surface area contributed by atoms with Crippen LogP contribution in [0.2, 0.25) is 0 Å². The van der Waals surface area contributed by atoms with Crippen molar-refractivity contribution in [2.45, 2.75) is 25.4 Å². The van der Waals surface area contributed by atoms with Crippen LogP contribution < -0.4 is 16.0 Å². The Kier molecular flexibility index (Phi) is 5.82. The number of rotatable bonds is 6. The van der Waals surface area contributed by atoms with E-state index in [0.29, 0.717) is 35.4 Å². The smallest absolute Gasteiger partial charge is 0.223 e. The fraction of sp³-hybridized carbons (Fsp3) is 0.222. The third kappa shape index (κ3) is 4.40. The molecule has 6 rings (SSSR count). The Labute approximate surface area is 207 Å². The maximum atomic E-state index is 13.9. The Morgan fingerprint density at radius 2 is 1.86 bits per heavy atom. The number of nitrogens with two attached hydrogens (primary N) is 1. The number of aromatic nitrogens is 4. The van der Waals surface area contributed by atoms with Crippen molar-refractivity contribution >= 4 is 17.3 Å². The first-order valence-corrected chi connectivity index (χ1v) is 12.0. The molecule has 0 unspecified atom stereocenters.